The number of ether oxygens (including phenoxy) is 1. The lowest BCUT2D eigenvalue weighted by molar-refractivity contribution is 0.0505. The summed E-state index contributed by atoms with van der Waals surface area (Å²) in [4.78, 5) is 14.3. The molecule has 114 valence electrons. The predicted molar refractivity (Wildman–Crippen MR) is 83.6 cm³/mol. The lowest BCUT2D eigenvalue weighted by Crippen LogP contribution is -2.27. The molecule has 0 amide bonds. The lowest BCUT2D eigenvalue weighted by atomic mass is 10.2. The highest BCUT2D eigenvalue weighted by Crippen LogP contribution is 2.30. The van der Waals surface area contributed by atoms with E-state index in [4.69, 9.17) is 4.74 Å². The molecule has 1 unspecified atom stereocenters. The Kier molecular flexibility index (Phi) is 4.44. The van der Waals surface area contributed by atoms with Crippen molar-refractivity contribution < 1.29 is 9.53 Å². The van der Waals surface area contributed by atoms with Crippen LogP contribution in [0.1, 0.15) is 43.0 Å². The molecule has 0 spiro atoms. The molecule has 4 nitrogen and oxygen atoms in total. The van der Waals surface area contributed by atoms with E-state index in [-0.39, 0.29) is 5.97 Å². The number of nitrogens with one attached hydrogen (secondary N) is 1. The average Bonchev–Trinajstić information content (AvgIpc) is 3.26. The number of likely N-dealkylation sites (tertiary alicyclic amines) is 1. The lowest BCUT2D eigenvalue weighted by Gasteiger charge is -2.16. The molecule has 1 saturated carbocycles. The zero-order chi connectivity index (χ0) is 14.7. The number of anilines is 1. The standard InChI is InChI=1S/C17H24N2O2/c1-2-11-21-17(20)13-3-5-14(6-4-13)18-15-9-10-19(12-15)16-7-8-16/h3-6,15-16,18H,2,7-12H2,1H3. The summed E-state index contributed by atoms with van der Waals surface area (Å²) in [5, 5.41) is 3.57. The third-order valence-corrected chi connectivity index (χ3v) is 4.21. The van der Waals surface area contributed by atoms with Gasteiger partial charge in [0.15, 0.2) is 0 Å². The maximum absolute atomic E-state index is 11.7. The second kappa shape index (κ2) is 6.48. The summed E-state index contributed by atoms with van der Waals surface area (Å²) in [7, 11) is 0. The summed E-state index contributed by atoms with van der Waals surface area (Å²) in [5.74, 6) is -0.232. The minimum absolute atomic E-state index is 0.232. The summed E-state index contributed by atoms with van der Waals surface area (Å²) < 4.78 is 5.13. The van der Waals surface area contributed by atoms with Gasteiger partial charge in [-0.1, -0.05) is 6.92 Å². The fourth-order valence-electron chi connectivity index (χ4n) is 2.89. The van der Waals surface area contributed by atoms with Gasteiger partial charge in [-0.2, -0.15) is 0 Å². The highest BCUT2D eigenvalue weighted by Gasteiger charge is 2.34. The van der Waals surface area contributed by atoms with Crippen molar-refractivity contribution >= 4 is 11.7 Å². The SMILES string of the molecule is CCCOC(=O)c1ccc(NC2CCN(C3CC3)C2)cc1. The molecule has 1 N–H and O–H groups in total. The van der Waals surface area contributed by atoms with Gasteiger partial charge < -0.3 is 10.1 Å². The predicted octanol–water partition coefficient (Wildman–Crippen LogP) is 2.90. The first-order valence-corrected chi connectivity index (χ1v) is 8.04. The zero-order valence-electron chi connectivity index (χ0n) is 12.7. The van der Waals surface area contributed by atoms with E-state index in [1.807, 2.05) is 31.2 Å². The fourth-order valence-corrected chi connectivity index (χ4v) is 2.89. The van der Waals surface area contributed by atoms with Gasteiger partial charge in [0.2, 0.25) is 0 Å². The third kappa shape index (κ3) is 3.76. The van der Waals surface area contributed by atoms with Gasteiger partial charge in [0.25, 0.3) is 0 Å². The first-order chi connectivity index (χ1) is 10.3. The van der Waals surface area contributed by atoms with Gasteiger partial charge in [0.05, 0.1) is 12.2 Å². The van der Waals surface area contributed by atoms with Crippen molar-refractivity contribution in [1.29, 1.82) is 0 Å². The number of esters is 1. The van der Waals surface area contributed by atoms with Gasteiger partial charge in [-0.25, -0.2) is 4.79 Å². The zero-order valence-corrected chi connectivity index (χ0v) is 12.7. The fraction of sp³-hybridized carbons (Fsp3) is 0.588. The molecule has 1 saturated heterocycles. The Bertz CT molecular complexity index is 482. The van der Waals surface area contributed by atoms with Crippen LogP contribution in [0.3, 0.4) is 0 Å². The summed E-state index contributed by atoms with van der Waals surface area (Å²) in [5.41, 5.74) is 1.71. The van der Waals surface area contributed by atoms with Crippen LogP contribution in [-0.4, -0.2) is 42.6 Å². The molecule has 1 aliphatic carbocycles. The van der Waals surface area contributed by atoms with Crippen LogP contribution < -0.4 is 5.32 Å². The van der Waals surface area contributed by atoms with Crippen LogP contribution >= 0.6 is 0 Å². The van der Waals surface area contributed by atoms with Crippen LogP contribution in [0.2, 0.25) is 0 Å². The average molecular weight is 288 g/mol. The Hall–Kier alpha value is -1.55. The molecule has 0 radical (unpaired) electrons. The molecule has 4 heteroatoms. The molecule has 2 aliphatic rings. The van der Waals surface area contributed by atoms with Gasteiger partial charge in [-0.15, -0.1) is 0 Å². The molecule has 1 heterocycles. The highest BCUT2D eigenvalue weighted by molar-refractivity contribution is 5.89. The van der Waals surface area contributed by atoms with E-state index in [0.29, 0.717) is 18.2 Å². The van der Waals surface area contributed by atoms with E-state index in [1.165, 1.54) is 25.8 Å². The second-order valence-corrected chi connectivity index (χ2v) is 6.07. The highest BCUT2D eigenvalue weighted by atomic mass is 16.5. The van der Waals surface area contributed by atoms with Crippen LogP contribution in [0.15, 0.2) is 24.3 Å². The van der Waals surface area contributed by atoms with Crippen LogP contribution in [0.25, 0.3) is 0 Å². The number of hydrogen-bond donors (Lipinski definition) is 1. The quantitative estimate of drug-likeness (QED) is 0.817. The van der Waals surface area contributed by atoms with Crippen LogP contribution in [-0.2, 0) is 4.74 Å². The number of hydrogen-bond acceptors (Lipinski definition) is 4. The molecule has 1 aliphatic heterocycles. The number of nitrogens with zero attached hydrogens (tertiary/aromatic N) is 1. The van der Waals surface area contributed by atoms with E-state index >= 15 is 0 Å². The van der Waals surface area contributed by atoms with Gasteiger partial charge in [-0.3, -0.25) is 4.90 Å². The molecular formula is C17H24N2O2. The summed E-state index contributed by atoms with van der Waals surface area (Å²) in [6, 6.07) is 9.02. The molecule has 21 heavy (non-hydrogen) atoms. The molecule has 1 aromatic carbocycles. The van der Waals surface area contributed by atoms with Crippen LogP contribution in [0, 0.1) is 0 Å². The van der Waals surface area contributed by atoms with Gasteiger partial charge in [0.1, 0.15) is 0 Å². The first kappa shape index (κ1) is 14.4. The Morgan fingerprint density at radius 2 is 2.05 bits per heavy atom. The van der Waals surface area contributed by atoms with Crippen molar-refractivity contribution in [2.24, 2.45) is 0 Å². The topological polar surface area (TPSA) is 41.6 Å². The van der Waals surface area contributed by atoms with E-state index in [1.54, 1.807) is 0 Å². The van der Waals surface area contributed by atoms with Crippen LogP contribution in [0.4, 0.5) is 5.69 Å². The van der Waals surface area contributed by atoms with Crippen molar-refractivity contribution in [3.05, 3.63) is 29.8 Å². The van der Waals surface area contributed by atoms with Crippen LogP contribution in [0.5, 0.6) is 0 Å². The minimum atomic E-state index is -0.232. The number of carbonyl (C=O) groups excluding carboxylic acids is 1. The maximum atomic E-state index is 11.7. The smallest absolute Gasteiger partial charge is 0.338 e. The number of rotatable bonds is 6. The van der Waals surface area contributed by atoms with Crippen molar-refractivity contribution in [2.45, 2.75) is 44.7 Å². The van der Waals surface area contributed by atoms with E-state index < -0.39 is 0 Å². The Morgan fingerprint density at radius 1 is 1.29 bits per heavy atom. The van der Waals surface area contributed by atoms with Crippen molar-refractivity contribution in [3.8, 4) is 0 Å². The van der Waals surface area contributed by atoms with E-state index in [9.17, 15) is 4.79 Å². The molecule has 3 rings (SSSR count). The van der Waals surface area contributed by atoms with E-state index in [0.717, 1.165) is 24.7 Å². The van der Waals surface area contributed by atoms with Crippen molar-refractivity contribution in [1.82, 2.24) is 4.90 Å². The van der Waals surface area contributed by atoms with Gasteiger partial charge in [0, 0.05) is 30.9 Å². The summed E-state index contributed by atoms with van der Waals surface area (Å²) in [6.45, 7) is 4.83. The Labute approximate surface area is 126 Å². The van der Waals surface area contributed by atoms with Gasteiger partial charge in [-0.05, 0) is 49.9 Å². The van der Waals surface area contributed by atoms with E-state index in [2.05, 4.69) is 10.2 Å². The molecule has 2 fully saturated rings. The maximum Gasteiger partial charge on any atom is 0.338 e. The molecule has 0 bridgehead atoms. The second-order valence-electron chi connectivity index (χ2n) is 6.07. The first-order valence-electron chi connectivity index (χ1n) is 8.04. The molecule has 1 aromatic rings. The normalized spacial score (nSPS) is 22.2. The minimum Gasteiger partial charge on any atom is -0.462 e. The van der Waals surface area contributed by atoms with Crippen molar-refractivity contribution in [2.75, 3.05) is 25.0 Å². The third-order valence-electron chi connectivity index (χ3n) is 4.21. The number of carbonyl (C=O) groups is 1. The Morgan fingerprint density at radius 3 is 2.71 bits per heavy atom. The van der Waals surface area contributed by atoms with Gasteiger partial charge >= 0.3 is 5.97 Å². The van der Waals surface area contributed by atoms with Crippen molar-refractivity contribution in [3.63, 3.8) is 0 Å². The number of benzene rings is 1. The summed E-state index contributed by atoms with van der Waals surface area (Å²) in [6.07, 6.45) is 4.81. The summed E-state index contributed by atoms with van der Waals surface area (Å²) >= 11 is 0. The Balaban J connectivity index is 1.51. The molecule has 1 atom stereocenters. The largest absolute Gasteiger partial charge is 0.462 e. The molecular weight excluding hydrogens is 264 g/mol. The molecule has 0 aromatic heterocycles. The monoisotopic (exact) mass is 288 g/mol.